The van der Waals surface area contributed by atoms with E-state index in [9.17, 15) is 4.79 Å². The van der Waals surface area contributed by atoms with Crippen molar-refractivity contribution in [2.24, 2.45) is 7.05 Å². The Morgan fingerprint density at radius 1 is 1.48 bits per heavy atom. The van der Waals surface area contributed by atoms with E-state index in [1.165, 1.54) is 6.20 Å². The molecular formula is C14H19N5O2. The van der Waals surface area contributed by atoms with Gasteiger partial charge in [0.15, 0.2) is 0 Å². The van der Waals surface area contributed by atoms with Gasteiger partial charge >= 0.3 is 5.97 Å². The number of rotatable bonds is 6. The van der Waals surface area contributed by atoms with Crippen molar-refractivity contribution >= 4 is 17.5 Å². The monoisotopic (exact) mass is 289 g/mol. The molecule has 0 spiro atoms. The van der Waals surface area contributed by atoms with Gasteiger partial charge in [0.2, 0.25) is 0 Å². The van der Waals surface area contributed by atoms with E-state index in [0.717, 1.165) is 12.1 Å². The zero-order chi connectivity index (χ0) is 15.2. The summed E-state index contributed by atoms with van der Waals surface area (Å²) in [6.07, 6.45) is 4.17. The average Bonchev–Trinajstić information content (AvgIpc) is 2.86. The average molecular weight is 289 g/mol. The number of carbonyl (C=O) groups is 1. The number of nitrogens with two attached hydrogens (primary N) is 1. The van der Waals surface area contributed by atoms with Crippen LogP contribution in [0.2, 0.25) is 0 Å². The number of nitrogen functional groups attached to an aromatic ring is 1. The summed E-state index contributed by atoms with van der Waals surface area (Å²) in [6, 6.07) is 3.50. The summed E-state index contributed by atoms with van der Waals surface area (Å²) in [7, 11) is 1.87. The number of carbonyl (C=O) groups excluding carboxylic acids is 1. The summed E-state index contributed by atoms with van der Waals surface area (Å²) >= 11 is 0. The predicted molar refractivity (Wildman–Crippen MR) is 80.0 cm³/mol. The second-order valence-electron chi connectivity index (χ2n) is 4.50. The Morgan fingerprint density at radius 3 is 2.95 bits per heavy atom. The number of hydrogen-bond donors (Lipinski definition) is 2. The third-order valence-corrected chi connectivity index (χ3v) is 2.93. The van der Waals surface area contributed by atoms with E-state index in [0.29, 0.717) is 30.2 Å². The van der Waals surface area contributed by atoms with Crippen LogP contribution >= 0.6 is 0 Å². The first kappa shape index (κ1) is 14.8. The Labute approximate surface area is 123 Å². The Kier molecular flexibility index (Phi) is 4.76. The van der Waals surface area contributed by atoms with Gasteiger partial charge in [-0.2, -0.15) is 5.10 Å². The van der Waals surface area contributed by atoms with Gasteiger partial charge in [-0.1, -0.05) is 0 Å². The first-order chi connectivity index (χ1) is 10.1. The van der Waals surface area contributed by atoms with Crippen molar-refractivity contribution < 1.29 is 9.53 Å². The van der Waals surface area contributed by atoms with Gasteiger partial charge in [-0.15, -0.1) is 0 Å². The van der Waals surface area contributed by atoms with E-state index < -0.39 is 5.97 Å². The van der Waals surface area contributed by atoms with Crippen LogP contribution in [0.4, 0.5) is 11.5 Å². The largest absolute Gasteiger partial charge is 0.462 e. The van der Waals surface area contributed by atoms with Crippen LogP contribution in [0.1, 0.15) is 23.0 Å². The smallest absolute Gasteiger partial charge is 0.340 e. The van der Waals surface area contributed by atoms with E-state index in [1.54, 1.807) is 17.7 Å². The highest BCUT2D eigenvalue weighted by Crippen LogP contribution is 2.20. The zero-order valence-corrected chi connectivity index (χ0v) is 12.2. The predicted octanol–water partition coefficient (Wildman–Crippen LogP) is 1.23. The van der Waals surface area contributed by atoms with Crippen molar-refractivity contribution in [3.63, 3.8) is 0 Å². The lowest BCUT2D eigenvalue weighted by molar-refractivity contribution is 0.0527. The quantitative estimate of drug-likeness (QED) is 0.777. The minimum atomic E-state index is -0.440. The number of anilines is 2. The highest BCUT2D eigenvalue weighted by molar-refractivity contribution is 5.97. The molecule has 7 nitrogen and oxygen atoms in total. The van der Waals surface area contributed by atoms with E-state index in [4.69, 9.17) is 10.5 Å². The van der Waals surface area contributed by atoms with Gasteiger partial charge in [0.1, 0.15) is 5.82 Å². The Bertz CT molecular complexity index is 624. The van der Waals surface area contributed by atoms with Crippen molar-refractivity contribution in [1.82, 2.24) is 14.8 Å². The molecule has 7 heteroatoms. The van der Waals surface area contributed by atoms with Crippen molar-refractivity contribution in [2.75, 3.05) is 24.2 Å². The molecule has 0 aliphatic heterocycles. The molecule has 0 radical (unpaired) electrons. The number of hydrogen-bond acceptors (Lipinski definition) is 6. The molecule has 3 N–H and O–H groups in total. The van der Waals surface area contributed by atoms with Crippen molar-refractivity contribution in [3.05, 3.63) is 35.8 Å². The standard InChI is InChI=1S/C14H19N5O2/c1-3-21-14(20)11-5-8-17-13(12(11)15)16-7-4-10-6-9-19(2)18-10/h5-6,8-9H,3-4,7,15H2,1-2H3,(H,16,17). The van der Waals surface area contributed by atoms with E-state index in [1.807, 2.05) is 19.3 Å². The maximum atomic E-state index is 11.7. The van der Waals surface area contributed by atoms with E-state index in [-0.39, 0.29) is 0 Å². The van der Waals surface area contributed by atoms with Crippen LogP contribution in [0.25, 0.3) is 0 Å². The fraction of sp³-hybridized carbons (Fsp3) is 0.357. The SMILES string of the molecule is CCOC(=O)c1ccnc(NCCc2ccn(C)n2)c1N. The number of pyridine rings is 1. The lowest BCUT2D eigenvalue weighted by atomic mass is 10.2. The minimum absolute atomic E-state index is 0.303. The number of nitrogens with one attached hydrogen (secondary N) is 1. The second-order valence-corrected chi connectivity index (χ2v) is 4.50. The van der Waals surface area contributed by atoms with Crippen LogP contribution in [0.15, 0.2) is 24.5 Å². The highest BCUT2D eigenvalue weighted by atomic mass is 16.5. The summed E-state index contributed by atoms with van der Waals surface area (Å²) < 4.78 is 6.71. The summed E-state index contributed by atoms with van der Waals surface area (Å²) in [5, 5.41) is 7.40. The molecule has 112 valence electrons. The molecule has 0 saturated heterocycles. The Hall–Kier alpha value is -2.57. The van der Waals surface area contributed by atoms with Crippen LogP contribution in [-0.2, 0) is 18.2 Å². The van der Waals surface area contributed by atoms with Crippen LogP contribution in [0.5, 0.6) is 0 Å². The highest BCUT2D eigenvalue weighted by Gasteiger charge is 2.14. The molecule has 0 aliphatic rings. The van der Waals surface area contributed by atoms with E-state index >= 15 is 0 Å². The third kappa shape index (κ3) is 3.71. The summed E-state index contributed by atoms with van der Waals surface area (Å²) in [6.45, 7) is 2.69. The number of nitrogens with zero attached hydrogens (tertiary/aromatic N) is 3. The van der Waals surface area contributed by atoms with Gasteiger partial charge in [0, 0.05) is 32.4 Å². The van der Waals surface area contributed by atoms with Gasteiger partial charge in [0.05, 0.1) is 23.6 Å². The molecule has 2 rings (SSSR count). The molecule has 0 saturated carbocycles. The fourth-order valence-electron chi connectivity index (χ4n) is 1.91. The molecule has 2 aromatic heterocycles. The summed E-state index contributed by atoms with van der Waals surface area (Å²) in [5.41, 5.74) is 7.56. The van der Waals surface area contributed by atoms with Gasteiger partial charge in [-0.25, -0.2) is 9.78 Å². The van der Waals surface area contributed by atoms with Gasteiger partial charge in [0.25, 0.3) is 0 Å². The molecule has 0 atom stereocenters. The van der Waals surface area contributed by atoms with Crippen LogP contribution in [0.3, 0.4) is 0 Å². The maximum absolute atomic E-state index is 11.7. The topological polar surface area (TPSA) is 95.1 Å². The maximum Gasteiger partial charge on any atom is 0.340 e. The first-order valence-electron chi connectivity index (χ1n) is 6.75. The number of esters is 1. The molecule has 0 bridgehead atoms. The second kappa shape index (κ2) is 6.74. The van der Waals surface area contributed by atoms with E-state index in [2.05, 4.69) is 15.4 Å². The number of aromatic nitrogens is 3. The molecule has 0 aromatic carbocycles. The molecule has 0 aliphatic carbocycles. The molecule has 0 amide bonds. The molecule has 2 aromatic rings. The lowest BCUT2D eigenvalue weighted by Crippen LogP contribution is -2.13. The lowest BCUT2D eigenvalue weighted by Gasteiger charge is -2.10. The minimum Gasteiger partial charge on any atom is -0.462 e. The fourth-order valence-corrected chi connectivity index (χ4v) is 1.91. The number of ether oxygens (including phenoxy) is 1. The Morgan fingerprint density at radius 2 is 2.29 bits per heavy atom. The van der Waals surface area contributed by atoms with Crippen LogP contribution in [-0.4, -0.2) is 33.9 Å². The number of aryl methyl sites for hydroxylation is 1. The molecule has 0 unspecified atom stereocenters. The van der Waals surface area contributed by atoms with Crippen LogP contribution in [0, 0.1) is 0 Å². The zero-order valence-electron chi connectivity index (χ0n) is 12.2. The first-order valence-corrected chi connectivity index (χ1v) is 6.75. The van der Waals surface area contributed by atoms with Gasteiger partial charge < -0.3 is 15.8 Å². The Balaban J connectivity index is 2.00. The van der Waals surface area contributed by atoms with Gasteiger partial charge in [-0.3, -0.25) is 4.68 Å². The molecule has 0 fully saturated rings. The molecule has 2 heterocycles. The summed E-state index contributed by atoms with van der Waals surface area (Å²) in [5.74, 6) is 0.0432. The third-order valence-electron chi connectivity index (χ3n) is 2.93. The normalized spacial score (nSPS) is 10.4. The van der Waals surface area contributed by atoms with Crippen molar-refractivity contribution in [2.45, 2.75) is 13.3 Å². The van der Waals surface area contributed by atoms with Gasteiger partial charge in [-0.05, 0) is 19.1 Å². The molecular weight excluding hydrogens is 270 g/mol. The van der Waals surface area contributed by atoms with Crippen molar-refractivity contribution in [1.29, 1.82) is 0 Å². The molecule has 21 heavy (non-hydrogen) atoms. The van der Waals surface area contributed by atoms with Crippen LogP contribution < -0.4 is 11.1 Å². The van der Waals surface area contributed by atoms with Crippen molar-refractivity contribution in [3.8, 4) is 0 Å². The summed E-state index contributed by atoms with van der Waals surface area (Å²) in [4.78, 5) is 15.9.